The van der Waals surface area contributed by atoms with E-state index in [2.05, 4.69) is 13.5 Å². The Balaban J connectivity index is 2.38. The summed E-state index contributed by atoms with van der Waals surface area (Å²) in [6.07, 6.45) is 3.75. The summed E-state index contributed by atoms with van der Waals surface area (Å²) in [5.41, 5.74) is 0. The molecule has 1 fully saturated rings. The number of hydrogen-bond acceptors (Lipinski definition) is 3. The molecule has 2 unspecified atom stereocenters. The van der Waals surface area contributed by atoms with Crippen LogP contribution in [0, 0.1) is 5.92 Å². The van der Waals surface area contributed by atoms with Crippen molar-refractivity contribution < 1.29 is 14.6 Å². The van der Waals surface area contributed by atoms with E-state index in [1.807, 2.05) is 19.9 Å². The monoisotopic (exact) mass is 228 g/mol. The second-order valence-electron chi connectivity index (χ2n) is 4.80. The van der Waals surface area contributed by atoms with Crippen LogP contribution in [0.4, 0.5) is 0 Å². The molecule has 0 aromatic heterocycles. The van der Waals surface area contributed by atoms with Crippen molar-refractivity contribution in [3.05, 3.63) is 12.7 Å². The molecule has 5 atom stereocenters. The Hall–Kier alpha value is -0.380. The normalized spacial score (nSPS) is 37.0. The fourth-order valence-corrected chi connectivity index (χ4v) is 1.89. The molecule has 0 aromatic rings. The minimum Gasteiger partial charge on any atom is -0.388 e. The molecule has 0 aliphatic carbocycles. The lowest BCUT2D eigenvalue weighted by atomic mass is 9.95. The Morgan fingerprint density at radius 1 is 1.56 bits per heavy atom. The maximum absolute atomic E-state index is 9.86. The highest BCUT2D eigenvalue weighted by atomic mass is 16.7. The highest BCUT2D eigenvalue weighted by molar-refractivity contribution is 4.77. The second-order valence-corrected chi connectivity index (χ2v) is 4.80. The number of aliphatic hydroxyl groups is 1. The Kier molecular flexibility index (Phi) is 5.46. The predicted octanol–water partition coefficient (Wildman–Crippen LogP) is 2.49. The summed E-state index contributed by atoms with van der Waals surface area (Å²) in [4.78, 5) is 0. The first-order valence-electron chi connectivity index (χ1n) is 6.14. The van der Waals surface area contributed by atoms with Gasteiger partial charge < -0.3 is 14.6 Å². The molecule has 1 rings (SSSR count). The zero-order valence-electron chi connectivity index (χ0n) is 10.6. The Bertz CT molecular complexity index is 217. The summed E-state index contributed by atoms with van der Waals surface area (Å²) < 4.78 is 11.4. The van der Waals surface area contributed by atoms with Crippen molar-refractivity contribution in [2.45, 2.75) is 64.6 Å². The molecular formula is C13H24O3. The average molecular weight is 228 g/mol. The van der Waals surface area contributed by atoms with Gasteiger partial charge in [0.25, 0.3) is 0 Å². The van der Waals surface area contributed by atoms with Gasteiger partial charge in [-0.3, -0.25) is 0 Å². The van der Waals surface area contributed by atoms with Gasteiger partial charge in [0.05, 0.1) is 12.2 Å². The molecule has 0 bridgehead atoms. The fourth-order valence-electron chi connectivity index (χ4n) is 1.89. The van der Waals surface area contributed by atoms with Crippen molar-refractivity contribution in [3.8, 4) is 0 Å². The van der Waals surface area contributed by atoms with Gasteiger partial charge in [-0.05, 0) is 39.0 Å². The third-order valence-electron chi connectivity index (χ3n) is 3.22. The molecule has 0 amide bonds. The molecule has 0 radical (unpaired) electrons. The molecular weight excluding hydrogens is 204 g/mol. The molecule has 1 aliphatic heterocycles. The Morgan fingerprint density at radius 3 is 2.88 bits per heavy atom. The summed E-state index contributed by atoms with van der Waals surface area (Å²) in [6.45, 7) is 9.80. The van der Waals surface area contributed by atoms with Gasteiger partial charge in [-0.1, -0.05) is 13.0 Å². The lowest BCUT2D eigenvalue weighted by Gasteiger charge is -2.37. The molecule has 1 N–H and O–H groups in total. The number of hydrogen-bond donors (Lipinski definition) is 1. The lowest BCUT2D eigenvalue weighted by molar-refractivity contribution is -0.263. The van der Waals surface area contributed by atoms with Crippen LogP contribution in [-0.2, 0) is 9.47 Å². The summed E-state index contributed by atoms with van der Waals surface area (Å²) >= 11 is 0. The minimum atomic E-state index is -0.502. The molecule has 3 nitrogen and oxygen atoms in total. The summed E-state index contributed by atoms with van der Waals surface area (Å²) in [5.74, 6) is 0.387. The zero-order valence-corrected chi connectivity index (χ0v) is 10.6. The number of rotatable bonds is 5. The fraction of sp³-hybridized carbons (Fsp3) is 0.846. The van der Waals surface area contributed by atoms with Crippen molar-refractivity contribution in [1.82, 2.24) is 0 Å². The molecule has 94 valence electrons. The van der Waals surface area contributed by atoms with E-state index in [1.54, 1.807) is 0 Å². The van der Waals surface area contributed by atoms with Gasteiger partial charge in [-0.25, -0.2) is 0 Å². The van der Waals surface area contributed by atoms with Gasteiger partial charge in [-0.2, -0.15) is 0 Å². The van der Waals surface area contributed by atoms with Crippen molar-refractivity contribution in [3.63, 3.8) is 0 Å². The van der Waals surface area contributed by atoms with Crippen molar-refractivity contribution >= 4 is 0 Å². The highest BCUT2D eigenvalue weighted by Crippen LogP contribution is 2.26. The predicted molar refractivity (Wildman–Crippen MR) is 64.1 cm³/mol. The first-order valence-corrected chi connectivity index (χ1v) is 6.14. The first-order chi connectivity index (χ1) is 7.54. The van der Waals surface area contributed by atoms with Crippen LogP contribution in [0.5, 0.6) is 0 Å². The molecule has 1 aliphatic rings. The molecule has 0 spiro atoms. The molecule has 16 heavy (non-hydrogen) atoms. The van der Waals surface area contributed by atoms with E-state index in [1.165, 1.54) is 0 Å². The van der Waals surface area contributed by atoms with E-state index in [0.717, 1.165) is 19.3 Å². The summed E-state index contributed by atoms with van der Waals surface area (Å²) in [7, 11) is 0. The van der Waals surface area contributed by atoms with Crippen LogP contribution < -0.4 is 0 Å². The quantitative estimate of drug-likeness (QED) is 0.735. The Labute approximate surface area is 98.4 Å². The van der Waals surface area contributed by atoms with Crippen LogP contribution in [0.2, 0.25) is 0 Å². The molecule has 1 saturated heterocycles. The van der Waals surface area contributed by atoms with Crippen LogP contribution in [0.25, 0.3) is 0 Å². The molecule has 1 heterocycles. The van der Waals surface area contributed by atoms with Crippen molar-refractivity contribution in [2.24, 2.45) is 5.92 Å². The van der Waals surface area contributed by atoms with E-state index in [4.69, 9.17) is 9.47 Å². The summed E-state index contributed by atoms with van der Waals surface area (Å²) in [5, 5.41) is 9.86. The average Bonchev–Trinajstić information content (AvgIpc) is 2.23. The first kappa shape index (κ1) is 13.7. The van der Waals surface area contributed by atoms with E-state index in [-0.39, 0.29) is 12.2 Å². The van der Waals surface area contributed by atoms with Gasteiger partial charge >= 0.3 is 0 Å². The minimum absolute atomic E-state index is 0.0956. The van der Waals surface area contributed by atoms with Crippen LogP contribution in [0.3, 0.4) is 0 Å². The van der Waals surface area contributed by atoms with Crippen molar-refractivity contribution in [1.29, 1.82) is 0 Å². The zero-order chi connectivity index (χ0) is 12.1. The maximum Gasteiger partial charge on any atom is 0.184 e. The van der Waals surface area contributed by atoms with Crippen LogP contribution in [0.1, 0.15) is 40.0 Å². The number of allylic oxidation sites excluding steroid dienone is 1. The van der Waals surface area contributed by atoms with Gasteiger partial charge in [0, 0.05) is 0 Å². The van der Waals surface area contributed by atoms with Crippen LogP contribution in [-0.4, -0.2) is 29.7 Å². The van der Waals surface area contributed by atoms with E-state index < -0.39 is 12.4 Å². The van der Waals surface area contributed by atoms with E-state index in [0.29, 0.717) is 5.92 Å². The number of aliphatic hydroxyl groups excluding tert-OH is 1. The van der Waals surface area contributed by atoms with Crippen LogP contribution in [0.15, 0.2) is 12.7 Å². The van der Waals surface area contributed by atoms with Crippen molar-refractivity contribution in [2.75, 3.05) is 0 Å². The Morgan fingerprint density at radius 2 is 2.25 bits per heavy atom. The smallest absolute Gasteiger partial charge is 0.184 e. The van der Waals surface area contributed by atoms with Crippen LogP contribution >= 0.6 is 0 Å². The van der Waals surface area contributed by atoms with Gasteiger partial charge in [0.2, 0.25) is 0 Å². The standard InChI is InChI=1S/C13H24O3/c1-5-6-7-10(3)15-13-12(14)8-9(2)11(4)16-13/h5,9-14H,1,6-8H2,2-4H3/t9-,10-,11?,12?,13-/m1/s1. The third kappa shape index (κ3) is 3.89. The van der Waals surface area contributed by atoms with Gasteiger partial charge in [0.1, 0.15) is 6.10 Å². The van der Waals surface area contributed by atoms with E-state index >= 15 is 0 Å². The topological polar surface area (TPSA) is 38.7 Å². The molecule has 3 heteroatoms. The van der Waals surface area contributed by atoms with Gasteiger partial charge in [-0.15, -0.1) is 6.58 Å². The molecule has 0 saturated carbocycles. The summed E-state index contributed by atoms with van der Waals surface area (Å²) in [6, 6.07) is 0. The van der Waals surface area contributed by atoms with Gasteiger partial charge in [0.15, 0.2) is 6.29 Å². The lowest BCUT2D eigenvalue weighted by Crippen LogP contribution is -2.44. The molecule has 0 aromatic carbocycles. The maximum atomic E-state index is 9.86. The highest BCUT2D eigenvalue weighted by Gasteiger charge is 2.33. The third-order valence-corrected chi connectivity index (χ3v) is 3.22. The second kappa shape index (κ2) is 6.38. The largest absolute Gasteiger partial charge is 0.388 e. The van der Waals surface area contributed by atoms with E-state index in [9.17, 15) is 5.11 Å². The SMILES string of the molecule is C=CCC[C@@H](C)O[C@@H]1OC(C)[C@H](C)CC1O. The number of ether oxygens (including phenoxy) is 2.